The number of rotatable bonds is 4. The second kappa shape index (κ2) is 7.34. The van der Waals surface area contributed by atoms with Crippen LogP contribution in [-0.4, -0.2) is 17.9 Å². The Kier molecular flexibility index (Phi) is 4.97. The number of carbonyl (C=O) groups is 2. The lowest BCUT2D eigenvalue weighted by Crippen LogP contribution is -2.47. The first kappa shape index (κ1) is 17.0. The molecular weight excluding hydrogens is 323 g/mol. The zero-order valence-electron chi connectivity index (χ0n) is 13.8. The molecule has 0 aromatic heterocycles. The van der Waals surface area contributed by atoms with Crippen molar-refractivity contribution in [2.24, 2.45) is 0 Å². The van der Waals surface area contributed by atoms with Gasteiger partial charge >= 0.3 is 0 Å². The third-order valence-electron chi connectivity index (χ3n) is 4.17. The van der Waals surface area contributed by atoms with E-state index in [1.807, 2.05) is 18.2 Å². The van der Waals surface area contributed by atoms with Crippen molar-refractivity contribution in [3.63, 3.8) is 0 Å². The van der Waals surface area contributed by atoms with E-state index in [1.54, 1.807) is 13.0 Å². The lowest BCUT2D eigenvalue weighted by molar-refractivity contribution is -0.128. The summed E-state index contributed by atoms with van der Waals surface area (Å²) in [5.74, 6) is -1.29. The van der Waals surface area contributed by atoms with E-state index < -0.39 is 23.7 Å². The average molecular weight is 342 g/mol. The molecule has 1 unspecified atom stereocenters. The zero-order chi connectivity index (χ0) is 17.8. The summed E-state index contributed by atoms with van der Waals surface area (Å²) >= 11 is 0. The van der Waals surface area contributed by atoms with Crippen molar-refractivity contribution in [3.8, 4) is 5.75 Å². The van der Waals surface area contributed by atoms with Crippen molar-refractivity contribution in [2.75, 3.05) is 0 Å². The lowest BCUT2D eigenvalue weighted by Gasteiger charge is -2.16. The largest absolute Gasteiger partial charge is 0.481 e. The van der Waals surface area contributed by atoms with Gasteiger partial charge in [-0.15, -0.1) is 0 Å². The van der Waals surface area contributed by atoms with E-state index in [0.29, 0.717) is 5.75 Å². The topological polar surface area (TPSA) is 67.4 Å². The number of benzene rings is 2. The predicted molar refractivity (Wildman–Crippen MR) is 90.6 cm³/mol. The van der Waals surface area contributed by atoms with Crippen LogP contribution in [0.2, 0.25) is 0 Å². The molecule has 1 aliphatic rings. The number of aryl methyl sites for hydroxylation is 2. The molecule has 0 bridgehead atoms. The van der Waals surface area contributed by atoms with Gasteiger partial charge in [0.25, 0.3) is 11.8 Å². The summed E-state index contributed by atoms with van der Waals surface area (Å²) in [6.45, 7) is 1.58. The monoisotopic (exact) mass is 342 g/mol. The molecule has 25 heavy (non-hydrogen) atoms. The normalized spacial score (nSPS) is 13.7. The Labute approximate surface area is 145 Å². The number of amides is 2. The van der Waals surface area contributed by atoms with E-state index >= 15 is 0 Å². The first-order chi connectivity index (χ1) is 12.0. The van der Waals surface area contributed by atoms with E-state index in [9.17, 15) is 14.0 Å². The highest BCUT2D eigenvalue weighted by Gasteiger charge is 2.18. The SMILES string of the molecule is CC(Oc1ccc2c(c1)CCC2)C(=O)NNC(=O)c1ccccc1F. The van der Waals surface area contributed by atoms with Crippen LogP contribution in [-0.2, 0) is 17.6 Å². The Morgan fingerprint density at radius 2 is 1.84 bits per heavy atom. The molecule has 0 radical (unpaired) electrons. The highest BCUT2D eigenvalue weighted by molar-refractivity contribution is 5.95. The Hall–Kier alpha value is -2.89. The maximum absolute atomic E-state index is 13.5. The fourth-order valence-electron chi connectivity index (χ4n) is 2.81. The maximum Gasteiger partial charge on any atom is 0.279 e. The number of ether oxygens (including phenoxy) is 1. The molecule has 130 valence electrons. The fraction of sp³-hybridized carbons (Fsp3) is 0.263. The van der Waals surface area contributed by atoms with Crippen molar-refractivity contribution in [1.29, 1.82) is 0 Å². The number of carbonyl (C=O) groups excluding carboxylic acids is 2. The molecule has 3 rings (SSSR count). The molecule has 2 amide bonds. The Morgan fingerprint density at radius 3 is 2.64 bits per heavy atom. The molecule has 0 aliphatic heterocycles. The minimum Gasteiger partial charge on any atom is -0.481 e. The Balaban J connectivity index is 1.54. The molecule has 0 saturated carbocycles. The van der Waals surface area contributed by atoms with Gasteiger partial charge in [0.15, 0.2) is 6.10 Å². The first-order valence-electron chi connectivity index (χ1n) is 8.18. The van der Waals surface area contributed by atoms with E-state index in [4.69, 9.17) is 4.74 Å². The molecule has 0 fully saturated rings. The number of hydrogen-bond acceptors (Lipinski definition) is 3. The molecular formula is C19H19FN2O3. The minimum atomic E-state index is -0.805. The van der Waals surface area contributed by atoms with Gasteiger partial charge in [0.2, 0.25) is 0 Å². The van der Waals surface area contributed by atoms with E-state index in [-0.39, 0.29) is 5.56 Å². The summed E-state index contributed by atoms with van der Waals surface area (Å²) in [5, 5.41) is 0. The van der Waals surface area contributed by atoms with Crippen molar-refractivity contribution < 1.29 is 18.7 Å². The summed E-state index contributed by atoms with van der Waals surface area (Å²) in [7, 11) is 0. The summed E-state index contributed by atoms with van der Waals surface area (Å²) in [6.07, 6.45) is 2.43. The molecule has 5 nitrogen and oxygen atoms in total. The molecule has 2 N–H and O–H groups in total. The molecule has 0 heterocycles. The van der Waals surface area contributed by atoms with Gasteiger partial charge in [-0.3, -0.25) is 20.4 Å². The molecule has 1 aliphatic carbocycles. The van der Waals surface area contributed by atoms with Crippen LogP contribution in [0.1, 0.15) is 34.8 Å². The van der Waals surface area contributed by atoms with Crippen LogP contribution < -0.4 is 15.6 Å². The first-order valence-corrected chi connectivity index (χ1v) is 8.18. The molecule has 2 aromatic rings. The molecule has 1 atom stereocenters. The molecule has 0 spiro atoms. The smallest absolute Gasteiger partial charge is 0.279 e. The highest BCUT2D eigenvalue weighted by atomic mass is 19.1. The van der Waals surface area contributed by atoms with Crippen molar-refractivity contribution in [1.82, 2.24) is 10.9 Å². The molecule has 0 saturated heterocycles. The fourth-order valence-corrected chi connectivity index (χ4v) is 2.81. The van der Waals surface area contributed by atoms with Crippen LogP contribution in [0.5, 0.6) is 5.75 Å². The number of hydrogen-bond donors (Lipinski definition) is 2. The van der Waals surface area contributed by atoms with Crippen molar-refractivity contribution in [2.45, 2.75) is 32.3 Å². The summed E-state index contributed by atoms with van der Waals surface area (Å²) < 4.78 is 19.1. The highest BCUT2D eigenvalue weighted by Crippen LogP contribution is 2.26. The predicted octanol–water partition coefficient (Wildman–Crippen LogP) is 2.54. The van der Waals surface area contributed by atoms with Gasteiger partial charge in [0.05, 0.1) is 5.56 Å². The van der Waals surface area contributed by atoms with Gasteiger partial charge in [-0.1, -0.05) is 18.2 Å². The van der Waals surface area contributed by atoms with Crippen LogP contribution >= 0.6 is 0 Å². The molecule has 2 aromatic carbocycles. The number of hydrazine groups is 1. The number of nitrogens with one attached hydrogen (secondary N) is 2. The quantitative estimate of drug-likeness (QED) is 0.839. The van der Waals surface area contributed by atoms with Crippen LogP contribution in [0.15, 0.2) is 42.5 Å². The van der Waals surface area contributed by atoms with Gasteiger partial charge in [0.1, 0.15) is 11.6 Å². The van der Waals surface area contributed by atoms with Crippen LogP contribution in [0, 0.1) is 5.82 Å². The van der Waals surface area contributed by atoms with E-state index in [2.05, 4.69) is 10.9 Å². The average Bonchev–Trinajstić information content (AvgIpc) is 3.07. The Morgan fingerprint density at radius 1 is 1.08 bits per heavy atom. The van der Waals surface area contributed by atoms with Gasteiger partial charge < -0.3 is 4.74 Å². The van der Waals surface area contributed by atoms with Crippen LogP contribution in [0.3, 0.4) is 0 Å². The third-order valence-corrected chi connectivity index (χ3v) is 4.17. The summed E-state index contributed by atoms with van der Waals surface area (Å²) in [5.41, 5.74) is 6.87. The van der Waals surface area contributed by atoms with Crippen LogP contribution in [0.25, 0.3) is 0 Å². The number of fused-ring (bicyclic) bond motifs is 1. The zero-order valence-corrected chi connectivity index (χ0v) is 13.8. The van der Waals surface area contributed by atoms with Gasteiger partial charge in [-0.2, -0.15) is 0 Å². The summed E-state index contributed by atoms with van der Waals surface area (Å²) in [6, 6.07) is 11.3. The maximum atomic E-state index is 13.5. The Bertz CT molecular complexity index is 807. The van der Waals surface area contributed by atoms with E-state index in [1.165, 1.54) is 29.3 Å². The second-order valence-electron chi connectivity index (χ2n) is 5.97. The summed E-state index contributed by atoms with van der Waals surface area (Å²) in [4.78, 5) is 23.9. The second-order valence-corrected chi connectivity index (χ2v) is 5.97. The molecule has 6 heteroatoms. The standard InChI is InChI=1S/C19H19FN2O3/c1-12(25-15-10-9-13-5-4-6-14(13)11-15)18(23)21-22-19(24)16-7-2-3-8-17(16)20/h2-3,7-12H,4-6H2,1H3,(H,21,23)(H,22,24). The van der Waals surface area contributed by atoms with Gasteiger partial charge in [0, 0.05) is 0 Å². The van der Waals surface area contributed by atoms with Gasteiger partial charge in [-0.05, 0) is 61.6 Å². The van der Waals surface area contributed by atoms with Crippen LogP contribution in [0.4, 0.5) is 4.39 Å². The van der Waals surface area contributed by atoms with E-state index in [0.717, 1.165) is 19.3 Å². The third kappa shape index (κ3) is 3.96. The number of halogens is 1. The van der Waals surface area contributed by atoms with Crippen molar-refractivity contribution in [3.05, 3.63) is 65.0 Å². The van der Waals surface area contributed by atoms with Gasteiger partial charge in [-0.25, -0.2) is 4.39 Å². The minimum absolute atomic E-state index is 0.144. The van der Waals surface area contributed by atoms with Crippen molar-refractivity contribution >= 4 is 11.8 Å². The lowest BCUT2D eigenvalue weighted by atomic mass is 10.1.